The molecule has 0 amide bonds. The zero-order valence-corrected chi connectivity index (χ0v) is 10.5. The number of aryl methyl sites for hydroxylation is 1. The Kier molecular flexibility index (Phi) is 5.02. The molecule has 2 N–H and O–H groups in total. The van der Waals surface area contributed by atoms with Crippen LogP contribution < -0.4 is 5.73 Å². The van der Waals surface area contributed by atoms with Crippen LogP contribution in [0.3, 0.4) is 0 Å². The van der Waals surface area contributed by atoms with Crippen LogP contribution in [0.15, 0.2) is 18.3 Å². The molecule has 0 aliphatic heterocycles. The summed E-state index contributed by atoms with van der Waals surface area (Å²) in [6, 6.07) is 4.00. The maximum Gasteiger partial charge on any atom is 0.150 e. The predicted molar refractivity (Wildman–Crippen MR) is 66.1 cm³/mol. The highest BCUT2D eigenvalue weighted by Gasteiger charge is 2.07. The van der Waals surface area contributed by atoms with Gasteiger partial charge in [0, 0.05) is 24.2 Å². The SMILES string of the molecule is CCS(=O)(=O)CCCn1cccc1CCN. The largest absolute Gasteiger partial charge is 0.351 e. The first-order valence-corrected chi connectivity index (χ1v) is 7.45. The standard InChI is InChI=1S/C11H20N2O2S/c1-2-16(14,15)10-4-9-13-8-3-5-11(13)6-7-12/h3,5,8H,2,4,6-7,9-10,12H2,1H3. The van der Waals surface area contributed by atoms with Crippen molar-refractivity contribution in [2.24, 2.45) is 5.73 Å². The van der Waals surface area contributed by atoms with Crippen LogP contribution >= 0.6 is 0 Å². The van der Waals surface area contributed by atoms with E-state index in [1.54, 1.807) is 6.92 Å². The van der Waals surface area contributed by atoms with Crippen LogP contribution in [0.25, 0.3) is 0 Å². The number of rotatable bonds is 7. The van der Waals surface area contributed by atoms with Gasteiger partial charge in [-0.3, -0.25) is 0 Å². The maximum absolute atomic E-state index is 11.3. The molecule has 0 bridgehead atoms. The molecule has 1 rings (SSSR count). The molecule has 1 aromatic rings. The molecule has 0 saturated carbocycles. The second-order valence-corrected chi connectivity index (χ2v) is 6.29. The molecule has 0 saturated heterocycles. The molecule has 4 nitrogen and oxygen atoms in total. The monoisotopic (exact) mass is 244 g/mol. The number of aromatic nitrogens is 1. The second kappa shape index (κ2) is 6.06. The molecule has 0 fully saturated rings. The summed E-state index contributed by atoms with van der Waals surface area (Å²) < 4.78 is 24.7. The van der Waals surface area contributed by atoms with Gasteiger partial charge in [-0.05, 0) is 31.5 Å². The van der Waals surface area contributed by atoms with Crippen molar-refractivity contribution in [3.05, 3.63) is 24.0 Å². The summed E-state index contributed by atoms with van der Waals surface area (Å²) in [6.07, 6.45) is 3.49. The first-order chi connectivity index (χ1) is 7.59. The van der Waals surface area contributed by atoms with Gasteiger partial charge < -0.3 is 10.3 Å². The van der Waals surface area contributed by atoms with Gasteiger partial charge in [0.15, 0.2) is 0 Å². The van der Waals surface area contributed by atoms with Crippen molar-refractivity contribution in [1.29, 1.82) is 0 Å². The van der Waals surface area contributed by atoms with Gasteiger partial charge >= 0.3 is 0 Å². The summed E-state index contributed by atoms with van der Waals surface area (Å²) in [5, 5.41) is 0. The molecule has 0 aliphatic rings. The number of nitrogens with zero attached hydrogens (tertiary/aromatic N) is 1. The third-order valence-corrected chi connectivity index (χ3v) is 4.41. The third kappa shape index (κ3) is 3.98. The van der Waals surface area contributed by atoms with Crippen LogP contribution in [0.2, 0.25) is 0 Å². The zero-order chi connectivity index (χ0) is 12.0. The fourth-order valence-electron chi connectivity index (χ4n) is 1.64. The van der Waals surface area contributed by atoms with Crippen molar-refractivity contribution in [1.82, 2.24) is 4.57 Å². The average Bonchev–Trinajstić information content (AvgIpc) is 2.66. The molecule has 0 radical (unpaired) electrons. The highest BCUT2D eigenvalue weighted by molar-refractivity contribution is 7.91. The topological polar surface area (TPSA) is 65.1 Å². The summed E-state index contributed by atoms with van der Waals surface area (Å²) in [7, 11) is -2.84. The molecule has 92 valence electrons. The number of nitrogens with two attached hydrogens (primary N) is 1. The molecule has 0 atom stereocenters. The van der Waals surface area contributed by atoms with Gasteiger partial charge in [0.2, 0.25) is 0 Å². The lowest BCUT2D eigenvalue weighted by Gasteiger charge is -2.08. The molecule has 0 aromatic carbocycles. The Bertz CT molecular complexity index is 409. The summed E-state index contributed by atoms with van der Waals surface area (Å²) in [6.45, 7) is 3.06. The minimum Gasteiger partial charge on any atom is -0.351 e. The zero-order valence-electron chi connectivity index (χ0n) is 9.72. The van der Waals surface area contributed by atoms with Crippen molar-refractivity contribution in [3.63, 3.8) is 0 Å². The van der Waals surface area contributed by atoms with Crippen molar-refractivity contribution in [2.75, 3.05) is 18.1 Å². The highest BCUT2D eigenvalue weighted by Crippen LogP contribution is 2.05. The summed E-state index contributed by atoms with van der Waals surface area (Å²) in [5.41, 5.74) is 6.68. The molecular formula is C11H20N2O2S. The van der Waals surface area contributed by atoms with Crippen LogP contribution in [-0.2, 0) is 22.8 Å². The number of sulfone groups is 1. The normalized spacial score (nSPS) is 11.9. The molecule has 5 heteroatoms. The fraction of sp³-hybridized carbons (Fsp3) is 0.636. The fourth-order valence-corrected chi connectivity index (χ4v) is 2.50. The molecule has 1 heterocycles. The minimum atomic E-state index is -2.84. The quantitative estimate of drug-likeness (QED) is 0.772. The molecule has 0 unspecified atom stereocenters. The summed E-state index contributed by atoms with van der Waals surface area (Å²) in [5.74, 6) is 0.498. The Morgan fingerprint density at radius 1 is 1.44 bits per heavy atom. The van der Waals surface area contributed by atoms with E-state index in [4.69, 9.17) is 5.73 Å². The van der Waals surface area contributed by atoms with Crippen LogP contribution in [0.1, 0.15) is 19.0 Å². The van der Waals surface area contributed by atoms with Crippen molar-refractivity contribution < 1.29 is 8.42 Å². The summed E-state index contributed by atoms with van der Waals surface area (Å²) >= 11 is 0. The van der Waals surface area contributed by atoms with Crippen molar-refractivity contribution in [2.45, 2.75) is 26.3 Å². The van der Waals surface area contributed by atoms with Gasteiger partial charge in [-0.25, -0.2) is 8.42 Å². The predicted octanol–water partition coefficient (Wildman–Crippen LogP) is 0.814. The van der Waals surface area contributed by atoms with Crippen LogP contribution in [-0.4, -0.2) is 31.0 Å². The Labute approximate surface area is 97.4 Å². The minimum absolute atomic E-state index is 0.230. The van der Waals surface area contributed by atoms with Gasteiger partial charge in [-0.2, -0.15) is 0 Å². The van der Waals surface area contributed by atoms with E-state index >= 15 is 0 Å². The Morgan fingerprint density at radius 3 is 2.81 bits per heavy atom. The molecule has 1 aromatic heterocycles. The van der Waals surface area contributed by atoms with E-state index in [2.05, 4.69) is 4.57 Å². The number of hydrogen-bond acceptors (Lipinski definition) is 3. The van der Waals surface area contributed by atoms with Gasteiger partial charge in [0.05, 0.1) is 5.75 Å². The Balaban J connectivity index is 2.46. The van der Waals surface area contributed by atoms with E-state index in [0.29, 0.717) is 13.0 Å². The highest BCUT2D eigenvalue weighted by atomic mass is 32.2. The Morgan fingerprint density at radius 2 is 2.19 bits per heavy atom. The first-order valence-electron chi connectivity index (χ1n) is 5.63. The van der Waals surface area contributed by atoms with E-state index < -0.39 is 9.84 Å². The van der Waals surface area contributed by atoms with Gasteiger partial charge in [0.25, 0.3) is 0 Å². The maximum atomic E-state index is 11.3. The van der Waals surface area contributed by atoms with Crippen molar-refractivity contribution >= 4 is 9.84 Å². The molecule has 16 heavy (non-hydrogen) atoms. The third-order valence-electron chi connectivity index (χ3n) is 2.62. The lowest BCUT2D eigenvalue weighted by Crippen LogP contribution is -2.13. The summed E-state index contributed by atoms with van der Waals surface area (Å²) in [4.78, 5) is 0. The van der Waals surface area contributed by atoms with Crippen LogP contribution in [0, 0.1) is 0 Å². The van der Waals surface area contributed by atoms with Crippen molar-refractivity contribution in [3.8, 4) is 0 Å². The average molecular weight is 244 g/mol. The van der Waals surface area contributed by atoms with E-state index in [1.165, 1.54) is 5.69 Å². The van der Waals surface area contributed by atoms with E-state index in [-0.39, 0.29) is 11.5 Å². The van der Waals surface area contributed by atoms with E-state index in [0.717, 1.165) is 13.0 Å². The number of hydrogen-bond donors (Lipinski definition) is 1. The second-order valence-electron chi connectivity index (χ2n) is 3.82. The van der Waals surface area contributed by atoms with Gasteiger partial charge in [0.1, 0.15) is 9.84 Å². The van der Waals surface area contributed by atoms with E-state index in [1.807, 2.05) is 18.3 Å². The lowest BCUT2D eigenvalue weighted by molar-refractivity contribution is 0.584. The molecule has 0 aliphatic carbocycles. The van der Waals surface area contributed by atoms with Crippen LogP contribution in [0.5, 0.6) is 0 Å². The van der Waals surface area contributed by atoms with Gasteiger partial charge in [-0.15, -0.1) is 0 Å². The molecule has 0 spiro atoms. The molecular weight excluding hydrogens is 224 g/mol. The van der Waals surface area contributed by atoms with E-state index in [9.17, 15) is 8.42 Å². The van der Waals surface area contributed by atoms with Gasteiger partial charge in [-0.1, -0.05) is 6.92 Å². The van der Waals surface area contributed by atoms with Crippen LogP contribution in [0.4, 0.5) is 0 Å². The smallest absolute Gasteiger partial charge is 0.150 e. The first kappa shape index (κ1) is 13.3. The Hall–Kier alpha value is -0.810. The lowest BCUT2D eigenvalue weighted by atomic mass is 10.3.